The van der Waals surface area contributed by atoms with E-state index in [2.05, 4.69) is 5.32 Å². The van der Waals surface area contributed by atoms with Crippen molar-refractivity contribution in [2.75, 3.05) is 19.3 Å². The molecule has 1 saturated heterocycles. The van der Waals surface area contributed by atoms with Gasteiger partial charge in [-0.3, -0.25) is 0 Å². The van der Waals surface area contributed by atoms with Gasteiger partial charge < -0.3 is 5.32 Å². The van der Waals surface area contributed by atoms with Gasteiger partial charge in [0.15, 0.2) is 0 Å². The predicted octanol–water partition coefficient (Wildman–Crippen LogP) is 3.28. The summed E-state index contributed by atoms with van der Waals surface area (Å²) in [5.74, 6) is 0.386. The van der Waals surface area contributed by atoms with Crippen LogP contribution in [-0.4, -0.2) is 23.6 Å². The van der Waals surface area contributed by atoms with Crippen LogP contribution < -0.4 is 5.32 Å². The van der Waals surface area contributed by atoms with Crippen molar-refractivity contribution in [1.29, 1.82) is 4.78 Å². The molecule has 122 valence electrons. The molecule has 1 aromatic carbocycles. The molecule has 7 heteroatoms. The number of rotatable bonds is 3. The second-order valence-corrected chi connectivity index (χ2v) is 8.95. The van der Waals surface area contributed by atoms with Crippen molar-refractivity contribution in [3.05, 3.63) is 29.3 Å². The van der Waals surface area contributed by atoms with Crippen molar-refractivity contribution >= 4 is 9.73 Å². The van der Waals surface area contributed by atoms with E-state index in [0.29, 0.717) is 23.3 Å². The van der Waals surface area contributed by atoms with E-state index in [-0.39, 0.29) is 4.90 Å². The molecule has 1 saturated carbocycles. The normalized spacial score (nSPS) is 23.6. The molecule has 1 aliphatic carbocycles. The van der Waals surface area contributed by atoms with Gasteiger partial charge in [-0.1, -0.05) is 0 Å². The lowest BCUT2D eigenvalue weighted by Crippen LogP contribution is -2.60. The van der Waals surface area contributed by atoms with Crippen molar-refractivity contribution in [3.63, 3.8) is 0 Å². The van der Waals surface area contributed by atoms with E-state index in [1.54, 1.807) is 0 Å². The highest BCUT2D eigenvalue weighted by Crippen LogP contribution is 2.49. The summed E-state index contributed by atoms with van der Waals surface area (Å²) in [6.07, 6.45) is -0.686. The molecule has 2 fully saturated rings. The Kier molecular flexibility index (Phi) is 3.56. The Balaban J connectivity index is 1.83. The van der Waals surface area contributed by atoms with Gasteiger partial charge in [-0.25, -0.2) is 8.99 Å². The molecule has 1 spiro atoms. The van der Waals surface area contributed by atoms with Crippen LogP contribution >= 0.6 is 0 Å². The van der Waals surface area contributed by atoms with Crippen LogP contribution in [0, 0.1) is 16.1 Å². The molecule has 22 heavy (non-hydrogen) atoms. The highest BCUT2D eigenvalue weighted by molar-refractivity contribution is 7.91. The first kappa shape index (κ1) is 15.8. The van der Waals surface area contributed by atoms with Crippen molar-refractivity contribution in [2.45, 2.75) is 30.3 Å². The molecular weight excluding hydrogens is 313 g/mol. The fraction of sp³-hybridized carbons (Fsp3) is 0.600. The maximum Gasteiger partial charge on any atom is 0.416 e. The number of alkyl halides is 3. The summed E-state index contributed by atoms with van der Waals surface area (Å²) < 4.78 is 58.4. The van der Waals surface area contributed by atoms with Crippen LogP contribution in [0.15, 0.2) is 23.1 Å². The molecule has 3 rings (SSSR count). The van der Waals surface area contributed by atoms with Crippen LogP contribution in [0.5, 0.6) is 0 Å². The van der Waals surface area contributed by atoms with Crippen molar-refractivity contribution in [2.24, 2.45) is 11.3 Å². The number of hydrogen-bond donors (Lipinski definition) is 2. The van der Waals surface area contributed by atoms with Crippen LogP contribution in [0.2, 0.25) is 0 Å². The van der Waals surface area contributed by atoms with Gasteiger partial charge in [-0.15, -0.1) is 0 Å². The van der Waals surface area contributed by atoms with E-state index in [1.165, 1.54) is 6.07 Å². The van der Waals surface area contributed by atoms with E-state index < -0.39 is 21.5 Å². The monoisotopic (exact) mass is 332 g/mol. The molecule has 0 amide bonds. The fourth-order valence-electron chi connectivity index (χ4n) is 3.58. The number of halogens is 3. The zero-order valence-electron chi connectivity index (χ0n) is 12.3. The molecule has 1 aliphatic heterocycles. The minimum atomic E-state index is -4.48. The molecule has 1 atom stereocenters. The Morgan fingerprint density at radius 2 is 1.95 bits per heavy atom. The first-order valence-corrected chi connectivity index (χ1v) is 9.20. The van der Waals surface area contributed by atoms with Gasteiger partial charge >= 0.3 is 6.18 Å². The molecule has 1 aromatic rings. The lowest BCUT2D eigenvalue weighted by molar-refractivity contribution is -0.137. The van der Waals surface area contributed by atoms with E-state index >= 15 is 0 Å². The summed E-state index contributed by atoms with van der Waals surface area (Å²) >= 11 is 0. The molecular formula is C15H19F3N2OS. The molecule has 0 bridgehead atoms. The second kappa shape index (κ2) is 4.96. The van der Waals surface area contributed by atoms with Crippen LogP contribution in [0.4, 0.5) is 13.2 Å². The molecule has 0 aromatic heterocycles. The van der Waals surface area contributed by atoms with Crippen molar-refractivity contribution < 1.29 is 17.4 Å². The predicted molar refractivity (Wildman–Crippen MR) is 78.2 cm³/mol. The lowest BCUT2D eigenvalue weighted by Gasteiger charge is -2.54. The third-order valence-electron chi connectivity index (χ3n) is 4.71. The topological polar surface area (TPSA) is 53.0 Å². The Labute approximate surface area is 128 Å². The minimum Gasteiger partial charge on any atom is -0.316 e. The first-order chi connectivity index (χ1) is 10.1. The summed E-state index contributed by atoms with van der Waals surface area (Å²) in [6, 6.07) is 3.49. The maximum atomic E-state index is 13.0. The fourth-order valence-corrected chi connectivity index (χ4v) is 4.31. The van der Waals surface area contributed by atoms with Crippen LogP contribution in [0.3, 0.4) is 0 Å². The summed E-state index contributed by atoms with van der Waals surface area (Å²) in [5.41, 5.74) is 0.114. The van der Waals surface area contributed by atoms with Crippen molar-refractivity contribution in [1.82, 2.24) is 5.32 Å². The molecule has 2 N–H and O–H groups in total. The van der Waals surface area contributed by atoms with Crippen molar-refractivity contribution in [3.8, 4) is 0 Å². The van der Waals surface area contributed by atoms with E-state index in [1.807, 2.05) is 0 Å². The minimum absolute atomic E-state index is 0.0309. The number of nitrogens with one attached hydrogen (secondary N) is 2. The zero-order chi connectivity index (χ0) is 16.2. The van der Waals surface area contributed by atoms with Crippen LogP contribution in [-0.2, 0) is 22.3 Å². The summed E-state index contributed by atoms with van der Waals surface area (Å²) in [6.45, 7) is 2.01. The molecule has 3 nitrogen and oxygen atoms in total. The van der Waals surface area contributed by atoms with Gasteiger partial charge in [0.2, 0.25) is 0 Å². The Morgan fingerprint density at radius 3 is 2.41 bits per heavy atom. The van der Waals surface area contributed by atoms with Gasteiger partial charge in [0, 0.05) is 24.2 Å². The van der Waals surface area contributed by atoms with E-state index in [4.69, 9.17) is 4.78 Å². The summed E-state index contributed by atoms with van der Waals surface area (Å²) in [7, 11) is -3.16. The van der Waals surface area contributed by atoms with E-state index in [0.717, 1.165) is 44.3 Å². The first-order valence-electron chi connectivity index (χ1n) is 7.23. The number of hydrogen-bond acceptors (Lipinski definition) is 3. The summed E-state index contributed by atoms with van der Waals surface area (Å²) in [5, 5.41) is 3.23. The van der Waals surface area contributed by atoms with Gasteiger partial charge in [0.1, 0.15) is 0 Å². The largest absolute Gasteiger partial charge is 0.416 e. The highest BCUT2D eigenvalue weighted by atomic mass is 32.2. The lowest BCUT2D eigenvalue weighted by atomic mass is 9.57. The zero-order valence-corrected chi connectivity index (χ0v) is 13.1. The van der Waals surface area contributed by atoms with Gasteiger partial charge in [0.25, 0.3) is 0 Å². The Bertz CT molecular complexity index is 685. The Morgan fingerprint density at radius 1 is 1.32 bits per heavy atom. The third kappa shape index (κ3) is 3.01. The van der Waals surface area contributed by atoms with Gasteiger partial charge in [0.05, 0.1) is 15.3 Å². The molecule has 1 unspecified atom stereocenters. The highest BCUT2D eigenvalue weighted by Gasteiger charge is 2.48. The second-order valence-electron chi connectivity index (χ2n) is 6.79. The van der Waals surface area contributed by atoms with Crippen LogP contribution in [0.1, 0.15) is 24.0 Å². The average Bonchev–Trinajstić information content (AvgIpc) is 2.28. The van der Waals surface area contributed by atoms with Gasteiger partial charge in [-0.2, -0.15) is 13.2 Å². The molecule has 1 heterocycles. The summed E-state index contributed by atoms with van der Waals surface area (Å²) in [4.78, 5) is -0.0309. The van der Waals surface area contributed by atoms with Crippen LogP contribution in [0.25, 0.3) is 0 Å². The third-order valence-corrected chi connectivity index (χ3v) is 5.85. The molecule has 2 aliphatic rings. The Hall–Kier alpha value is -1.08. The SMILES string of the molecule is CS(=N)(=O)c1cc(CC2CC3(CNC3)C2)cc(C(F)(F)F)c1. The standard InChI is InChI=1S/C15H19F3N2OS/c1-22(19,21)13-4-10(3-12(5-13)15(16,17)18)2-11-6-14(7-11)8-20-9-14/h3-5,11,19-20H,2,6-9H2,1H3. The van der Waals surface area contributed by atoms with Gasteiger partial charge in [-0.05, 0) is 54.4 Å². The van der Waals surface area contributed by atoms with E-state index in [9.17, 15) is 17.4 Å². The quantitative estimate of drug-likeness (QED) is 0.892. The smallest absolute Gasteiger partial charge is 0.316 e. The number of benzene rings is 1. The maximum absolute atomic E-state index is 13.0. The molecule has 0 radical (unpaired) electrons. The average molecular weight is 332 g/mol.